The normalized spacial score (nSPS) is 24.6. The number of rotatable bonds is 2. The first kappa shape index (κ1) is 13.5. The van der Waals surface area contributed by atoms with Gasteiger partial charge in [0.05, 0.1) is 10.8 Å². The molecule has 1 aromatic carbocycles. The predicted molar refractivity (Wildman–Crippen MR) is 65.6 cm³/mol. The summed E-state index contributed by atoms with van der Waals surface area (Å²) in [6, 6.07) is 5.59. The van der Waals surface area contributed by atoms with Gasteiger partial charge in [0.15, 0.2) is 0 Å². The molecule has 1 aromatic rings. The molecular formula is C13H13F3OS. The number of ketones is 1. The highest BCUT2D eigenvalue weighted by atomic mass is 32.2. The van der Waals surface area contributed by atoms with Crippen LogP contribution in [0.2, 0.25) is 0 Å². The maximum Gasteiger partial charge on any atom is 0.416 e. The molecule has 0 spiro atoms. The van der Waals surface area contributed by atoms with E-state index in [0.29, 0.717) is 12.8 Å². The van der Waals surface area contributed by atoms with Gasteiger partial charge in [0.2, 0.25) is 0 Å². The third-order valence-corrected chi connectivity index (χ3v) is 4.44. The third-order valence-electron chi connectivity index (χ3n) is 3.05. The van der Waals surface area contributed by atoms with Crippen molar-refractivity contribution in [2.24, 2.45) is 0 Å². The monoisotopic (exact) mass is 274 g/mol. The van der Waals surface area contributed by atoms with Crippen LogP contribution in [0.25, 0.3) is 0 Å². The molecular weight excluding hydrogens is 261 g/mol. The largest absolute Gasteiger partial charge is 0.416 e. The van der Waals surface area contributed by atoms with E-state index in [4.69, 9.17) is 0 Å². The minimum absolute atomic E-state index is 0.0315. The summed E-state index contributed by atoms with van der Waals surface area (Å²) in [4.78, 5) is 11.4. The first-order valence-corrected chi connectivity index (χ1v) is 6.65. The Bertz CT molecular complexity index is 456. The number of thioether (sulfide) groups is 1. The maximum absolute atomic E-state index is 12.8. The summed E-state index contributed by atoms with van der Waals surface area (Å²) in [6.45, 7) is 1.81. The second-order valence-corrected chi connectivity index (χ2v) is 6.08. The summed E-state index contributed by atoms with van der Waals surface area (Å²) in [6.07, 6.45) is -3.65. The molecule has 1 saturated heterocycles. The summed E-state index contributed by atoms with van der Waals surface area (Å²) >= 11 is 1.47. The molecule has 18 heavy (non-hydrogen) atoms. The molecule has 2 unspecified atom stereocenters. The van der Waals surface area contributed by atoms with Gasteiger partial charge < -0.3 is 0 Å². The molecule has 0 aliphatic carbocycles. The number of halogens is 3. The topological polar surface area (TPSA) is 17.1 Å². The molecule has 1 aliphatic rings. The molecule has 0 N–H and O–H groups in total. The lowest BCUT2D eigenvalue weighted by Gasteiger charge is -2.15. The van der Waals surface area contributed by atoms with Crippen LogP contribution < -0.4 is 0 Å². The minimum Gasteiger partial charge on any atom is -0.298 e. The Balaban J connectivity index is 2.18. The van der Waals surface area contributed by atoms with Crippen molar-refractivity contribution in [3.63, 3.8) is 0 Å². The van der Waals surface area contributed by atoms with Crippen LogP contribution in [0, 0.1) is 0 Å². The fourth-order valence-electron chi connectivity index (χ4n) is 2.14. The van der Waals surface area contributed by atoms with E-state index in [0.717, 1.165) is 6.07 Å². The van der Waals surface area contributed by atoms with Crippen LogP contribution in [-0.4, -0.2) is 16.3 Å². The average Bonchev–Trinajstić information content (AvgIpc) is 2.57. The van der Waals surface area contributed by atoms with E-state index in [1.54, 1.807) is 6.07 Å². The van der Waals surface area contributed by atoms with Gasteiger partial charge in [-0.05, 0) is 25.0 Å². The number of hydrogen-bond acceptors (Lipinski definition) is 2. The van der Waals surface area contributed by atoms with Gasteiger partial charge >= 0.3 is 6.18 Å². The van der Waals surface area contributed by atoms with Gasteiger partial charge in [0, 0.05) is 11.7 Å². The van der Waals surface area contributed by atoms with E-state index in [9.17, 15) is 18.0 Å². The SMILES string of the molecule is CC1SC(Cc2ccccc2C(F)(F)F)CC1=O. The van der Waals surface area contributed by atoms with Gasteiger partial charge in [-0.15, -0.1) is 11.8 Å². The standard InChI is InChI=1S/C13H13F3OS/c1-8-12(17)7-10(18-8)6-9-4-2-3-5-11(9)13(14,15)16/h2-5,8,10H,6-7H2,1H3. The molecule has 0 radical (unpaired) electrons. The van der Waals surface area contributed by atoms with Gasteiger partial charge in [-0.3, -0.25) is 4.79 Å². The number of carbonyl (C=O) groups excluding carboxylic acids is 1. The summed E-state index contributed by atoms with van der Waals surface area (Å²) < 4.78 is 38.4. The number of benzene rings is 1. The van der Waals surface area contributed by atoms with Gasteiger partial charge in [-0.2, -0.15) is 13.2 Å². The minimum atomic E-state index is -4.32. The second-order valence-electron chi connectivity index (χ2n) is 4.43. The van der Waals surface area contributed by atoms with Crippen molar-refractivity contribution in [2.75, 3.05) is 0 Å². The number of Topliss-reactive ketones (excluding diaryl/α,β-unsaturated/α-hetero) is 1. The van der Waals surface area contributed by atoms with Crippen molar-refractivity contribution in [2.45, 2.75) is 36.4 Å². The highest BCUT2D eigenvalue weighted by Gasteiger charge is 2.35. The quantitative estimate of drug-likeness (QED) is 0.817. The second kappa shape index (κ2) is 4.96. The smallest absolute Gasteiger partial charge is 0.298 e. The third kappa shape index (κ3) is 2.88. The van der Waals surface area contributed by atoms with Crippen molar-refractivity contribution in [3.8, 4) is 0 Å². The van der Waals surface area contributed by atoms with Gasteiger partial charge in [-0.25, -0.2) is 0 Å². The molecule has 0 saturated carbocycles. The summed E-state index contributed by atoms with van der Waals surface area (Å²) in [5, 5.41) is -0.121. The Morgan fingerprint density at radius 3 is 2.56 bits per heavy atom. The lowest BCUT2D eigenvalue weighted by Crippen LogP contribution is -2.12. The van der Waals surface area contributed by atoms with Gasteiger partial charge in [-0.1, -0.05) is 18.2 Å². The van der Waals surface area contributed by atoms with E-state index in [1.165, 1.54) is 23.9 Å². The molecule has 2 atom stereocenters. The molecule has 0 aromatic heterocycles. The average molecular weight is 274 g/mol. The summed E-state index contributed by atoms with van der Waals surface area (Å²) in [7, 11) is 0. The molecule has 0 bridgehead atoms. The Morgan fingerprint density at radius 1 is 1.33 bits per heavy atom. The van der Waals surface area contributed by atoms with E-state index in [1.807, 2.05) is 6.92 Å². The van der Waals surface area contributed by atoms with Crippen molar-refractivity contribution >= 4 is 17.5 Å². The van der Waals surface area contributed by atoms with Crippen molar-refractivity contribution in [3.05, 3.63) is 35.4 Å². The Kier molecular flexibility index (Phi) is 3.71. The zero-order chi connectivity index (χ0) is 13.3. The van der Waals surface area contributed by atoms with Crippen molar-refractivity contribution < 1.29 is 18.0 Å². The van der Waals surface area contributed by atoms with Crippen LogP contribution in [0.4, 0.5) is 13.2 Å². The molecule has 0 amide bonds. The van der Waals surface area contributed by atoms with Crippen LogP contribution in [0.5, 0.6) is 0 Å². The first-order valence-electron chi connectivity index (χ1n) is 5.71. The van der Waals surface area contributed by atoms with Gasteiger partial charge in [0.25, 0.3) is 0 Å². The lowest BCUT2D eigenvalue weighted by molar-refractivity contribution is -0.138. The van der Waals surface area contributed by atoms with Crippen LogP contribution in [0.15, 0.2) is 24.3 Å². The number of alkyl halides is 3. The van der Waals surface area contributed by atoms with E-state index < -0.39 is 11.7 Å². The first-order chi connectivity index (χ1) is 8.38. The number of hydrogen-bond donors (Lipinski definition) is 0. The zero-order valence-electron chi connectivity index (χ0n) is 9.83. The predicted octanol–water partition coefficient (Wildman–Crippen LogP) is 3.71. The molecule has 98 valence electrons. The summed E-state index contributed by atoms with van der Waals surface area (Å²) in [5.41, 5.74) is -0.304. The zero-order valence-corrected chi connectivity index (χ0v) is 10.6. The highest BCUT2D eigenvalue weighted by Crippen LogP contribution is 2.37. The van der Waals surface area contributed by atoms with E-state index in [2.05, 4.69) is 0 Å². The van der Waals surface area contributed by atoms with Gasteiger partial charge in [0.1, 0.15) is 5.78 Å². The van der Waals surface area contributed by atoms with E-state index in [-0.39, 0.29) is 21.8 Å². The van der Waals surface area contributed by atoms with Crippen molar-refractivity contribution in [1.29, 1.82) is 0 Å². The molecule has 2 rings (SSSR count). The fourth-order valence-corrected chi connectivity index (χ4v) is 3.51. The number of carbonyl (C=O) groups is 1. The Hall–Kier alpha value is -0.970. The Morgan fingerprint density at radius 2 is 2.00 bits per heavy atom. The fraction of sp³-hybridized carbons (Fsp3) is 0.462. The molecule has 1 fully saturated rings. The van der Waals surface area contributed by atoms with Crippen LogP contribution in [0.3, 0.4) is 0 Å². The van der Waals surface area contributed by atoms with Crippen LogP contribution in [-0.2, 0) is 17.4 Å². The van der Waals surface area contributed by atoms with Crippen LogP contribution >= 0.6 is 11.8 Å². The lowest BCUT2D eigenvalue weighted by atomic mass is 10.0. The highest BCUT2D eigenvalue weighted by molar-refractivity contribution is 8.01. The maximum atomic E-state index is 12.8. The summed E-state index contributed by atoms with van der Waals surface area (Å²) in [5.74, 6) is 0.134. The molecule has 1 nitrogen and oxygen atoms in total. The van der Waals surface area contributed by atoms with E-state index >= 15 is 0 Å². The molecule has 1 heterocycles. The molecule has 1 aliphatic heterocycles. The Labute approximate surface area is 108 Å². The molecule has 5 heteroatoms. The van der Waals surface area contributed by atoms with Crippen LogP contribution in [0.1, 0.15) is 24.5 Å². The van der Waals surface area contributed by atoms with Crippen molar-refractivity contribution in [1.82, 2.24) is 0 Å².